The van der Waals surface area contributed by atoms with Gasteiger partial charge in [-0.3, -0.25) is 14.4 Å². The molecule has 0 saturated carbocycles. The summed E-state index contributed by atoms with van der Waals surface area (Å²) in [5.74, 6) is 1.24. The number of methoxy groups -OCH3 is 2. The molecule has 1 aliphatic heterocycles. The van der Waals surface area contributed by atoms with Crippen molar-refractivity contribution in [3.8, 4) is 11.5 Å². The lowest BCUT2D eigenvalue weighted by Crippen LogP contribution is -2.36. The fraction of sp³-hybridized carbons (Fsp3) is 0.435. The van der Waals surface area contributed by atoms with Crippen molar-refractivity contribution < 1.29 is 23.9 Å². The first-order valence-corrected chi connectivity index (χ1v) is 10.9. The molecule has 0 atom stereocenters. The summed E-state index contributed by atoms with van der Waals surface area (Å²) in [5, 5.41) is 0. The number of amides is 1. The lowest BCUT2D eigenvalue weighted by molar-refractivity contribution is -0.134. The predicted octanol–water partition coefficient (Wildman–Crippen LogP) is 3.97. The van der Waals surface area contributed by atoms with E-state index in [2.05, 4.69) is 0 Å². The minimum atomic E-state index is -0.0474. The van der Waals surface area contributed by atoms with Crippen LogP contribution in [-0.2, 0) is 22.6 Å². The van der Waals surface area contributed by atoms with Crippen LogP contribution in [0.25, 0.3) is 0 Å². The molecular weight excluding hydrogens is 402 g/mol. The van der Waals surface area contributed by atoms with Crippen molar-refractivity contribution >= 4 is 28.8 Å². The molecule has 7 heteroatoms. The normalized spacial score (nSPS) is 13.0. The molecule has 1 amide bonds. The van der Waals surface area contributed by atoms with Crippen LogP contribution in [-0.4, -0.2) is 43.1 Å². The van der Waals surface area contributed by atoms with Crippen LogP contribution >= 0.6 is 11.3 Å². The topological polar surface area (TPSA) is 72.9 Å². The van der Waals surface area contributed by atoms with E-state index in [0.717, 1.165) is 22.4 Å². The molecular formula is C23H27NO5S. The number of rotatable bonds is 9. The van der Waals surface area contributed by atoms with Crippen molar-refractivity contribution in [3.05, 3.63) is 45.1 Å². The maximum atomic E-state index is 12.6. The molecule has 0 saturated heterocycles. The van der Waals surface area contributed by atoms with Crippen LogP contribution in [0.5, 0.6) is 11.5 Å². The Bertz CT molecular complexity index is 949. The van der Waals surface area contributed by atoms with Crippen molar-refractivity contribution in [2.24, 2.45) is 0 Å². The van der Waals surface area contributed by atoms with Gasteiger partial charge in [0.2, 0.25) is 5.91 Å². The average molecular weight is 430 g/mol. The summed E-state index contributed by atoms with van der Waals surface area (Å²) < 4.78 is 10.7. The number of ether oxygens (including phenoxy) is 2. The Labute approximate surface area is 180 Å². The Morgan fingerprint density at radius 3 is 2.27 bits per heavy atom. The van der Waals surface area contributed by atoms with Crippen LogP contribution in [0.3, 0.4) is 0 Å². The Morgan fingerprint density at radius 1 is 0.967 bits per heavy atom. The van der Waals surface area contributed by atoms with Gasteiger partial charge in [-0.05, 0) is 48.7 Å². The van der Waals surface area contributed by atoms with E-state index in [4.69, 9.17) is 9.47 Å². The van der Waals surface area contributed by atoms with Crippen LogP contribution in [0, 0.1) is 6.92 Å². The van der Waals surface area contributed by atoms with E-state index in [1.165, 1.54) is 11.3 Å². The molecule has 2 heterocycles. The van der Waals surface area contributed by atoms with Crippen molar-refractivity contribution in [1.82, 2.24) is 4.90 Å². The van der Waals surface area contributed by atoms with Gasteiger partial charge in [-0.1, -0.05) is 0 Å². The molecule has 0 spiro atoms. The highest BCUT2D eigenvalue weighted by atomic mass is 32.1. The van der Waals surface area contributed by atoms with Gasteiger partial charge in [-0.2, -0.15) is 0 Å². The highest BCUT2D eigenvalue weighted by Crippen LogP contribution is 2.33. The molecule has 0 unspecified atom stereocenters. The Kier molecular flexibility index (Phi) is 7.26. The van der Waals surface area contributed by atoms with E-state index in [1.807, 2.05) is 25.1 Å². The zero-order chi connectivity index (χ0) is 21.7. The number of hydrogen-bond donors (Lipinski definition) is 0. The standard InChI is InChI=1S/C23H27NO5S/c1-15-4-8-22(30-15)19(26)7-5-18(25)6-9-23(27)24-11-10-16-12-20(28-2)21(29-3)13-17(16)14-24/h4,8,12-13H,5-7,9-11,14H2,1-3H3. The second-order valence-corrected chi connectivity index (χ2v) is 8.70. The van der Waals surface area contributed by atoms with Crippen LogP contribution in [0.15, 0.2) is 24.3 Å². The lowest BCUT2D eigenvalue weighted by Gasteiger charge is -2.29. The summed E-state index contributed by atoms with van der Waals surface area (Å²) in [4.78, 5) is 40.5. The Balaban J connectivity index is 1.48. The van der Waals surface area contributed by atoms with Gasteiger partial charge < -0.3 is 14.4 Å². The zero-order valence-electron chi connectivity index (χ0n) is 17.7. The largest absolute Gasteiger partial charge is 0.493 e. The quantitative estimate of drug-likeness (QED) is 0.564. The third-order valence-corrected chi connectivity index (χ3v) is 6.38. The molecule has 2 aromatic rings. The minimum Gasteiger partial charge on any atom is -0.493 e. The molecule has 1 aromatic carbocycles. The van der Waals surface area contributed by atoms with E-state index in [-0.39, 0.29) is 43.2 Å². The summed E-state index contributed by atoms with van der Waals surface area (Å²) in [6.45, 7) is 3.06. The minimum absolute atomic E-state index is 0.00945. The Hall–Kier alpha value is -2.67. The number of nitrogens with zero attached hydrogens (tertiary/aromatic N) is 1. The van der Waals surface area contributed by atoms with Gasteiger partial charge in [0.15, 0.2) is 17.3 Å². The zero-order valence-corrected chi connectivity index (χ0v) is 18.5. The van der Waals surface area contributed by atoms with Crippen LogP contribution in [0.2, 0.25) is 0 Å². The number of Topliss-reactive ketones (excluding diaryl/α,β-unsaturated/α-hetero) is 2. The van der Waals surface area contributed by atoms with Crippen molar-refractivity contribution in [2.75, 3.05) is 20.8 Å². The van der Waals surface area contributed by atoms with Crippen molar-refractivity contribution in [3.63, 3.8) is 0 Å². The fourth-order valence-electron chi connectivity index (χ4n) is 3.59. The van der Waals surface area contributed by atoms with E-state index in [9.17, 15) is 14.4 Å². The molecule has 0 fully saturated rings. The third-order valence-electron chi connectivity index (χ3n) is 5.33. The van der Waals surface area contributed by atoms with Crippen molar-refractivity contribution in [1.29, 1.82) is 0 Å². The number of carbonyl (C=O) groups excluding carboxylic acids is 3. The van der Waals surface area contributed by atoms with Crippen LogP contribution in [0.4, 0.5) is 0 Å². The number of thiophene rings is 1. The first kappa shape index (κ1) is 22.0. The molecule has 3 rings (SSSR count). The predicted molar refractivity (Wildman–Crippen MR) is 116 cm³/mol. The van der Waals surface area contributed by atoms with Gasteiger partial charge in [-0.15, -0.1) is 11.3 Å². The van der Waals surface area contributed by atoms with E-state index < -0.39 is 0 Å². The average Bonchev–Trinajstić information content (AvgIpc) is 3.20. The molecule has 1 aromatic heterocycles. The third kappa shape index (κ3) is 5.27. The van der Waals surface area contributed by atoms with Gasteiger partial charge in [0.05, 0.1) is 19.1 Å². The smallest absolute Gasteiger partial charge is 0.223 e. The molecule has 0 N–H and O–H groups in total. The maximum absolute atomic E-state index is 12.6. The summed E-state index contributed by atoms with van der Waals surface area (Å²) in [6.07, 6.45) is 1.47. The SMILES string of the molecule is COc1cc2c(cc1OC)CN(C(=O)CCC(=O)CCC(=O)c1ccc(C)s1)CC2. The molecule has 6 nitrogen and oxygen atoms in total. The monoisotopic (exact) mass is 429 g/mol. The second kappa shape index (κ2) is 9.89. The fourth-order valence-corrected chi connectivity index (χ4v) is 4.42. The molecule has 1 aliphatic rings. The molecule has 0 bridgehead atoms. The number of aryl methyl sites for hydroxylation is 1. The summed E-state index contributed by atoms with van der Waals surface area (Å²) in [5.41, 5.74) is 2.19. The van der Waals surface area contributed by atoms with Gasteiger partial charge >= 0.3 is 0 Å². The van der Waals surface area contributed by atoms with E-state index in [1.54, 1.807) is 25.2 Å². The van der Waals surface area contributed by atoms with Crippen LogP contribution < -0.4 is 9.47 Å². The summed E-state index contributed by atoms with van der Waals surface area (Å²) >= 11 is 1.45. The van der Waals surface area contributed by atoms with Crippen LogP contribution in [0.1, 0.15) is 51.4 Å². The lowest BCUT2D eigenvalue weighted by atomic mass is 9.98. The molecule has 160 valence electrons. The number of hydrogen-bond acceptors (Lipinski definition) is 6. The Morgan fingerprint density at radius 2 is 1.63 bits per heavy atom. The van der Waals surface area contributed by atoms with Gasteiger partial charge in [0, 0.05) is 43.6 Å². The number of carbonyl (C=O) groups is 3. The number of benzene rings is 1. The first-order chi connectivity index (χ1) is 14.4. The molecule has 0 radical (unpaired) electrons. The highest BCUT2D eigenvalue weighted by Gasteiger charge is 2.23. The highest BCUT2D eigenvalue weighted by molar-refractivity contribution is 7.14. The summed E-state index contributed by atoms with van der Waals surface area (Å²) in [7, 11) is 3.20. The van der Waals surface area contributed by atoms with Gasteiger partial charge in [0.25, 0.3) is 0 Å². The number of ketones is 2. The maximum Gasteiger partial charge on any atom is 0.223 e. The van der Waals surface area contributed by atoms with Gasteiger partial charge in [-0.25, -0.2) is 0 Å². The van der Waals surface area contributed by atoms with E-state index >= 15 is 0 Å². The second-order valence-electron chi connectivity index (χ2n) is 7.41. The summed E-state index contributed by atoms with van der Waals surface area (Å²) in [6, 6.07) is 7.58. The van der Waals surface area contributed by atoms with E-state index in [0.29, 0.717) is 29.5 Å². The molecule has 0 aliphatic carbocycles. The molecule has 30 heavy (non-hydrogen) atoms. The number of fused-ring (bicyclic) bond motifs is 1. The van der Waals surface area contributed by atoms with Crippen molar-refractivity contribution in [2.45, 2.75) is 45.6 Å². The van der Waals surface area contributed by atoms with Gasteiger partial charge in [0.1, 0.15) is 5.78 Å². The first-order valence-electron chi connectivity index (χ1n) is 10.0.